The van der Waals surface area contributed by atoms with Crippen molar-refractivity contribution in [2.75, 3.05) is 11.9 Å². The molecule has 0 aromatic carbocycles. The normalized spacial score (nSPS) is 14.8. The molecule has 1 aliphatic carbocycles. The maximum absolute atomic E-state index is 12.1. The molecule has 3 rings (SSSR count). The molecule has 0 atom stereocenters. The molecular weight excluding hydrogens is 328 g/mol. The second-order valence-electron chi connectivity index (χ2n) is 6.70. The van der Waals surface area contributed by atoms with Crippen LogP contribution in [0.5, 0.6) is 0 Å². The lowest BCUT2D eigenvalue weighted by Crippen LogP contribution is -2.14. The predicted molar refractivity (Wildman–Crippen MR) is 99.8 cm³/mol. The number of aromatic nitrogens is 3. The number of hydrogen-bond donors (Lipinski definition) is 1. The molecule has 1 saturated carbocycles. The molecule has 1 fully saturated rings. The second-order valence-corrected chi connectivity index (χ2v) is 6.70. The van der Waals surface area contributed by atoms with Crippen molar-refractivity contribution in [3.05, 3.63) is 47.8 Å². The largest absolute Gasteiger partial charge is 0.462 e. The summed E-state index contributed by atoms with van der Waals surface area (Å²) in [7, 11) is 0. The Kier molecular flexibility index (Phi) is 6.52. The minimum atomic E-state index is -0.339. The van der Waals surface area contributed by atoms with Crippen molar-refractivity contribution >= 4 is 11.7 Å². The Hall–Kier alpha value is -2.50. The zero-order chi connectivity index (χ0) is 18.2. The van der Waals surface area contributed by atoms with Gasteiger partial charge in [0.1, 0.15) is 6.33 Å². The van der Waals surface area contributed by atoms with Crippen molar-refractivity contribution in [2.24, 2.45) is 5.92 Å². The summed E-state index contributed by atoms with van der Waals surface area (Å²) >= 11 is 0. The van der Waals surface area contributed by atoms with Crippen LogP contribution in [-0.2, 0) is 17.7 Å². The Morgan fingerprint density at radius 2 is 2.12 bits per heavy atom. The van der Waals surface area contributed by atoms with Gasteiger partial charge in [-0.25, -0.2) is 14.8 Å². The van der Waals surface area contributed by atoms with Crippen LogP contribution in [0.1, 0.15) is 60.8 Å². The summed E-state index contributed by atoms with van der Waals surface area (Å²) in [6.07, 6.45) is 12.3. The quantitative estimate of drug-likeness (QED) is 0.763. The van der Waals surface area contributed by atoms with Crippen LogP contribution >= 0.6 is 0 Å². The van der Waals surface area contributed by atoms with E-state index in [4.69, 9.17) is 4.74 Å². The average Bonchev–Trinajstić information content (AvgIpc) is 2.69. The van der Waals surface area contributed by atoms with Crippen molar-refractivity contribution in [1.29, 1.82) is 0 Å². The molecule has 0 unspecified atom stereocenters. The SMILES string of the molecule is CCOC(=O)c1cnc(CC2CCCCC2)c(NCc2ccncn2)c1. The number of anilines is 1. The van der Waals surface area contributed by atoms with Gasteiger partial charge in [0.05, 0.1) is 35.8 Å². The van der Waals surface area contributed by atoms with Crippen molar-refractivity contribution < 1.29 is 9.53 Å². The maximum atomic E-state index is 12.1. The number of ether oxygens (including phenoxy) is 1. The van der Waals surface area contributed by atoms with Crippen LogP contribution in [0.25, 0.3) is 0 Å². The van der Waals surface area contributed by atoms with E-state index in [0.717, 1.165) is 23.5 Å². The highest BCUT2D eigenvalue weighted by Gasteiger charge is 2.18. The second kappa shape index (κ2) is 9.27. The molecule has 26 heavy (non-hydrogen) atoms. The van der Waals surface area contributed by atoms with Gasteiger partial charge in [-0.05, 0) is 31.4 Å². The highest BCUT2D eigenvalue weighted by Crippen LogP contribution is 2.29. The molecule has 2 aromatic heterocycles. The van der Waals surface area contributed by atoms with Crippen LogP contribution in [-0.4, -0.2) is 27.5 Å². The standard InChI is InChI=1S/C20H26N4O2/c1-2-26-20(25)16-11-19(23-13-17-8-9-21-14-24-17)18(22-12-16)10-15-6-4-3-5-7-15/h8-9,11-12,14-15,23H,2-7,10,13H2,1H3. The van der Waals surface area contributed by atoms with Crippen LogP contribution < -0.4 is 5.32 Å². The van der Waals surface area contributed by atoms with E-state index < -0.39 is 0 Å². The third-order valence-electron chi connectivity index (χ3n) is 4.79. The Morgan fingerprint density at radius 1 is 1.27 bits per heavy atom. The molecule has 1 N–H and O–H groups in total. The lowest BCUT2D eigenvalue weighted by molar-refractivity contribution is 0.0526. The Balaban J connectivity index is 1.78. The van der Waals surface area contributed by atoms with E-state index in [1.54, 1.807) is 19.3 Å². The van der Waals surface area contributed by atoms with Crippen LogP contribution in [0.4, 0.5) is 5.69 Å². The molecule has 138 valence electrons. The lowest BCUT2D eigenvalue weighted by Gasteiger charge is -2.22. The van der Waals surface area contributed by atoms with Gasteiger partial charge >= 0.3 is 5.97 Å². The summed E-state index contributed by atoms with van der Waals surface area (Å²) < 4.78 is 5.11. The molecule has 6 heteroatoms. The van der Waals surface area contributed by atoms with Gasteiger partial charge in [-0.15, -0.1) is 0 Å². The summed E-state index contributed by atoms with van der Waals surface area (Å²) in [4.78, 5) is 24.8. The lowest BCUT2D eigenvalue weighted by atomic mass is 9.85. The number of carbonyl (C=O) groups is 1. The number of nitrogens with zero attached hydrogens (tertiary/aromatic N) is 3. The van der Waals surface area contributed by atoms with E-state index in [1.165, 1.54) is 38.4 Å². The molecule has 0 amide bonds. The first-order valence-corrected chi connectivity index (χ1v) is 9.41. The smallest absolute Gasteiger partial charge is 0.339 e. The van der Waals surface area contributed by atoms with Crippen LogP contribution in [0, 0.1) is 5.92 Å². The number of nitrogens with one attached hydrogen (secondary N) is 1. The Bertz CT molecular complexity index is 715. The van der Waals surface area contributed by atoms with E-state index >= 15 is 0 Å². The zero-order valence-electron chi connectivity index (χ0n) is 15.3. The van der Waals surface area contributed by atoms with Gasteiger partial charge in [0.15, 0.2) is 0 Å². The number of esters is 1. The van der Waals surface area contributed by atoms with Gasteiger partial charge < -0.3 is 10.1 Å². The Morgan fingerprint density at radius 3 is 2.85 bits per heavy atom. The molecule has 0 spiro atoms. The molecule has 1 aliphatic rings. The minimum absolute atomic E-state index is 0.339. The molecule has 2 aromatic rings. The molecule has 0 radical (unpaired) electrons. The van der Waals surface area contributed by atoms with Crippen molar-refractivity contribution in [3.63, 3.8) is 0 Å². The van der Waals surface area contributed by atoms with Crippen LogP contribution in [0.15, 0.2) is 30.9 Å². The van der Waals surface area contributed by atoms with Gasteiger partial charge in [-0.1, -0.05) is 32.1 Å². The molecular formula is C20H26N4O2. The molecule has 0 bridgehead atoms. The molecule has 2 heterocycles. The third-order valence-corrected chi connectivity index (χ3v) is 4.79. The van der Waals surface area contributed by atoms with Crippen LogP contribution in [0.3, 0.4) is 0 Å². The van der Waals surface area contributed by atoms with Gasteiger partial charge in [0, 0.05) is 12.4 Å². The molecule has 6 nitrogen and oxygen atoms in total. The number of carbonyl (C=O) groups excluding carboxylic acids is 1. The van der Waals surface area contributed by atoms with E-state index in [0.29, 0.717) is 24.6 Å². The number of pyridine rings is 1. The van der Waals surface area contributed by atoms with Crippen LogP contribution in [0.2, 0.25) is 0 Å². The Labute approximate surface area is 154 Å². The fourth-order valence-electron chi connectivity index (χ4n) is 3.41. The minimum Gasteiger partial charge on any atom is -0.462 e. The first kappa shape index (κ1) is 18.3. The maximum Gasteiger partial charge on any atom is 0.339 e. The monoisotopic (exact) mass is 354 g/mol. The number of hydrogen-bond acceptors (Lipinski definition) is 6. The average molecular weight is 354 g/mol. The first-order chi connectivity index (χ1) is 12.8. The zero-order valence-corrected chi connectivity index (χ0v) is 15.3. The fourth-order valence-corrected chi connectivity index (χ4v) is 3.41. The van der Waals surface area contributed by atoms with E-state index in [-0.39, 0.29) is 5.97 Å². The summed E-state index contributed by atoms with van der Waals surface area (Å²) in [6.45, 7) is 2.72. The van der Waals surface area contributed by atoms with Gasteiger partial charge in [0.2, 0.25) is 0 Å². The topological polar surface area (TPSA) is 77.0 Å². The van der Waals surface area contributed by atoms with E-state index in [9.17, 15) is 4.79 Å². The highest BCUT2D eigenvalue weighted by atomic mass is 16.5. The summed E-state index contributed by atoms with van der Waals surface area (Å²) in [5.74, 6) is 0.332. The van der Waals surface area contributed by atoms with Crippen molar-refractivity contribution in [1.82, 2.24) is 15.0 Å². The summed E-state index contributed by atoms with van der Waals surface area (Å²) in [5.41, 5.74) is 3.27. The predicted octanol–water partition coefficient (Wildman–Crippen LogP) is 3.78. The van der Waals surface area contributed by atoms with Crippen molar-refractivity contribution in [2.45, 2.75) is 52.0 Å². The van der Waals surface area contributed by atoms with Gasteiger partial charge in [-0.2, -0.15) is 0 Å². The molecule has 0 saturated heterocycles. The third kappa shape index (κ3) is 5.00. The van der Waals surface area contributed by atoms with E-state index in [2.05, 4.69) is 20.3 Å². The fraction of sp³-hybridized carbons (Fsp3) is 0.500. The van der Waals surface area contributed by atoms with E-state index in [1.807, 2.05) is 12.1 Å². The van der Waals surface area contributed by atoms with Gasteiger partial charge in [0.25, 0.3) is 0 Å². The number of rotatable bonds is 7. The summed E-state index contributed by atoms with van der Waals surface area (Å²) in [5, 5.41) is 3.40. The first-order valence-electron chi connectivity index (χ1n) is 9.41. The molecule has 0 aliphatic heterocycles. The van der Waals surface area contributed by atoms with Gasteiger partial charge in [-0.3, -0.25) is 4.98 Å². The summed E-state index contributed by atoms with van der Waals surface area (Å²) in [6, 6.07) is 3.72. The van der Waals surface area contributed by atoms with Crippen molar-refractivity contribution in [3.8, 4) is 0 Å². The highest BCUT2D eigenvalue weighted by molar-refractivity contribution is 5.90.